The Balaban J connectivity index is 1.61. The van der Waals surface area contributed by atoms with E-state index in [2.05, 4.69) is 66.0 Å². The highest BCUT2D eigenvalue weighted by molar-refractivity contribution is 8.18. The van der Waals surface area contributed by atoms with E-state index in [1.165, 1.54) is 29.5 Å². The number of aliphatic imine (C=N–C) groups is 1. The van der Waals surface area contributed by atoms with Crippen molar-refractivity contribution in [2.24, 2.45) is 4.99 Å². The number of carbonyl (C=O) groups is 1. The summed E-state index contributed by atoms with van der Waals surface area (Å²) in [7, 11) is 0. The summed E-state index contributed by atoms with van der Waals surface area (Å²) in [6, 6.07) is 16.5. The first-order valence-electron chi connectivity index (χ1n) is 9.78. The van der Waals surface area contributed by atoms with Crippen LogP contribution in [-0.2, 0) is 11.2 Å². The van der Waals surface area contributed by atoms with Crippen LogP contribution < -0.4 is 5.32 Å². The van der Waals surface area contributed by atoms with E-state index in [1.807, 2.05) is 6.08 Å². The number of rotatable bonds is 4. The summed E-state index contributed by atoms with van der Waals surface area (Å²) in [5, 5.41) is 3.27. The Morgan fingerprint density at radius 3 is 2.47 bits per heavy atom. The number of aromatic nitrogens is 1. The molecule has 0 aliphatic carbocycles. The maximum atomic E-state index is 13.1. The third-order valence-corrected chi connectivity index (χ3v) is 5.98. The van der Waals surface area contributed by atoms with E-state index < -0.39 is 0 Å². The van der Waals surface area contributed by atoms with Crippen molar-refractivity contribution in [2.45, 2.75) is 27.2 Å². The predicted molar refractivity (Wildman–Crippen MR) is 122 cm³/mol. The van der Waals surface area contributed by atoms with E-state index in [-0.39, 0.29) is 11.7 Å². The van der Waals surface area contributed by atoms with Crippen molar-refractivity contribution in [3.05, 3.63) is 87.8 Å². The molecule has 0 spiro atoms. The normalized spacial score (nSPS) is 16.5. The van der Waals surface area contributed by atoms with E-state index in [0.717, 1.165) is 29.1 Å². The van der Waals surface area contributed by atoms with Crippen molar-refractivity contribution in [3.63, 3.8) is 0 Å². The molecule has 1 aliphatic heterocycles. The SMILES string of the molecule is CCc1ccc(-n2c(C)cc(/C=C3\SC(=Nc4ccc(F)cc4)NC3=O)c2C)cc1. The van der Waals surface area contributed by atoms with Crippen LogP contribution in [0.2, 0.25) is 0 Å². The van der Waals surface area contributed by atoms with Crippen molar-refractivity contribution >= 4 is 34.6 Å². The van der Waals surface area contributed by atoms with Gasteiger partial charge in [0.15, 0.2) is 5.17 Å². The lowest BCUT2D eigenvalue weighted by molar-refractivity contribution is -0.115. The summed E-state index contributed by atoms with van der Waals surface area (Å²) >= 11 is 1.28. The zero-order valence-corrected chi connectivity index (χ0v) is 17.9. The highest BCUT2D eigenvalue weighted by Gasteiger charge is 2.24. The maximum Gasteiger partial charge on any atom is 0.264 e. The van der Waals surface area contributed by atoms with Gasteiger partial charge in [-0.2, -0.15) is 0 Å². The van der Waals surface area contributed by atoms with Crippen LogP contribution in [0.5, 0.6) is 0 Å². The molecule has 0 bridgehead atoms. The number of aryl methyl sites for hydroxylation is 2. The summed E-state index contributed by atoms with van der Waals surface area (Å²) in [4.78, 5) is 17.4. The molecule has 4 nitrogen and oxygen atoms in total. The lowest BCUT2D eigenvalue weighted by Gasteiger charge is -2.10. The average Bonchev–Trinajstić information content (AvgIpc) is 3.22. The van der Waals surface area contributed by atoms with Gasteiger partial charge in [-0.25, -0.2) is 9.38 Å². The molecule has 1 fully saturated rings. The van der Waals surface area contributed by atoms with Gasteiger partial charge in [0, 0.05) is 17.1 Å². The Bertz CT molecular complexity index is 1160. The molecule has 30 heavy (non-hydrogen) atoms. The van der Waals surface area contributed by atoms with Crippen LogP contribution in [0.1, 0.15) is 29.4 Å². The minimum Gasteiger partial charge on any atom is -0.318 e. The molecular weight excluding hydrogens is 397 g/mol. The molecule has 1 aliphatic rings. The van der Waals surface area contributed by atoms with Crippen LogP contribution in [0.15, 0.2) is 64.5 Å². The lowest BCUT2D eigenvalue weighted by atomic mass is 10.1. The fourth-order valence-corrected chi connectivity index (χ4v) is 4.30. The average molecular weight is 420 g/mol. The van der Waals surface area contributed by atoms with Gasteiger partial charge < -0.3 is 9.88 Å². The van der Waals surface area contributed by atoms with E-state index in [9.17, 15) is 9.18 Å². The molecule has 0 atom stereocenters. The Morgan fingerprint density at radius 2 is 1.80 bits per heavy atom. The zero-order valence-electron chi connectivity index (χ0n) is 17.1. The maximum absolute atomic E-state index is 13.1. The highest BCUT2D eigenvalue weighted by atomic mass is 32.2. The van der Waals surface area contributed by atoms with Crippen LogP contribution >= 0.6 is 11.8 Å². The van der Waals surface area contributed by atoms with E-state index >= 15 is 0 Å². The number of carbonyl (C=O) groups excluding carboxylic acids is 1. The molecule has 152 valence electrons. The molecule has 1 N–H and O–H groups in total. The van der Waals surface area contributed by atoms with Gasteiger partial charge in [0.25, 0.3) is 5.91 Å². The van der Waals surface area contributed by atoms with Gasteiger partial charge in [0.2, 0.25) is 0 Å². The first kappa shape index (κ1) is 20.2. The number of benzene rings is 2. The third-order valence-electron chi connectivity index (χ3n) is 5.07. The van der Waals surface area contributed by atoms with E-state index in [1.54, 1.807) is 12.1 Å². The summed E-state index contributed by atoms with van der Waals surface area (Å²) in [5.41, 5.74) is 6.17. The summed E-state index contributed by atoms with van der Waals surface area (Å²) in [5.74, 6) is -0.500. The van der Waals surface area contributed by atoms with Gasteiger partial charge in [-0.15, -0.1) is 0 Å². The van der Waals surface area contributed by atoms with E-state index in [4.69, 9.17) is 0 Å². The Morgan fingerprint density at radius 1 is 1.10 bits per heavy atom. The minimum atomic E-state index is -0.317. The van der Waals surface area contributed by atoms with Crippen LogP contribution in [-0.4, -0.2) is 15.6 Å². The number of hydrogen-bond acceptors (Lipinski definition) is 3. The van der Waals surface area contributed by atoms with Crippen molar-refractivity contribution in [2.75, 3.05) is 0 Å². The van der Waals surface area contributed by atoms with Crippen LogP contribution in [0.25, 0.3) is 11.8 Å². The molecule has 0 saturated carbocycles. The first-order valence-corrected chi connectivity index (χ1v) is 10.6. The zero-order chi connectivity index (χ0) is 21.3. The Labute approximate surface area is 179 Å². The number of amides is 1. The van der Waals surface area contributed by atoms with Gasteiger partial charge in [-0.05, 0) is 91.7 Å². The van der Waals surface area contributed by atoms with Crippen molar-refractivity contribution in [3.8, 4) is 5.69 Å². The van der Waals surface area contributed by atoms with Crippen LogP contribution in [0, 0.1) is 19.7 Å². The molecule has 2 heterocycles. The third kappa shape index (κ3) is 4.09. The number of halogens is 1. The van der Waals surface area contributed by atoms with E-state index in [0.29, 0.717) is 15.8 Å². The standard InChI is InChI=1S/C24H22FN3OS/c1-4-17-5-11-21(12-6-17)28-15(2)13-18(16(28)3)14-22-23(29)27-24(30-22)26-20-9-7-19(25)8-10-20/h5-14H,4H2,1-3H3,(H,26,27,29)/b22-14-. The monoisotopic (exact) mass is 419 g/mol. The molecule has 6 heteroatoms. The van der Waals surface area contributed by atoms with Crippen molar-refractivity contribution < 1.29 is 9.18 Å². The topological polar surface area (TPSA) is 46.4 Å². The molecule has 2 aromatic carbocycles. The Hall–Kier alpha value is -3.12. The smallest absolute Gasteiger partial charge is 0.264 e. The highest BCUT2D eigenvalue weighted by Crippen LogP contribution is 2.30. The number of hydrogen-bond donors (Lipinski definition) is 1. The lowest BCUT2D eigenvalue weighted by Crippen LogP contribution is -2.19. The van der Waals surface area contributed by atoms with Crippen molar-refractivity contribution in [1.82, 2.24) is 9.88 Å². The number of nitrogens with one attached hydrogen (secondary N) is 1. The van der Waals surface area contributed by atoms with Crippen LogP contribution in [0.4, 0.5) is 10.1 Å². The molecule has 0 unspecified atom stereocenters. The van der Waals surface area contributed by atoms with Crippen LogP contribution in [0.3, 0.4) is 0 Å². The van der Waals surface area contributed by atoms with Gasteiger partial charge in [-0.3, -0.25) is 4.79 Å². The number of nitrogens with zero attached hydrogens (tertiary/aromatic N) is 2. The molecule has 1 amide bonds. The van der Waals surface area contributed by atoms with Gasteiger partial charge >= 0.3 is 0 Å². The quantitative estimate of drug-likeness (QED) is 0.553. The molecule has 3 aromatic rings. The second kappa shape index (κ2) is 8.32. The fourth-order valence-electron chi connectivity index (χ4n) is 3.47. The minimum absolute atomic E-state index is 0.182. The fraction of sp³-hybridized carbons (Fsp3) is 0.167. The summed E-state index contributed by atoms with van der Waals surface area (Å²) in [6.07, 6.45) is 2.90. The molecule has 0 radical (unpaired) electrons. The van der Waals surface area contributed by atoms with Gasteiger partial charge in [0.1, 0.15) is 5.82 Å². The number of amidine groups is 1. The molecule has 1 aromatic heterocycles. The largest absolute Gasteiger partial charge is 0.318 e. The summed E-state index contributed by atoms with van der Waals surface area (Å²) in [6.45, 7) is 6.26. The van der Waals surface area contributed by atoms with Gasteiger partial charge in [0.05, 0.1) is 10.6 Å². The molecule has 1 saturated heterocycles. The molecule has 4 rings (SSSR count). The number of thioether (sulfide) groups is 1. The van der Waals surface area contributed by atoms with Gasteiger partial charge in [-0.1, -0.05) is 19.1 Å². The summed E-state index contributed by atoms with van der Waals surface area (Å²) < 4.78 is 15.3. The molecular formula is C24H22FN3OS. The second-order valence-electron chi connectivity index (χ2n) is 7.14. The first-order chi connectivity index (χ1) is 14.4. The Kier molecular flexibility index (Phi) is 5.59. The predicted octanol–water partition coefficient (Wildman–Crippen LogP) is 5.69. The van der Waals surface area contributed by atoms with Crippen molar-refractivity contribution in [1.29, 1.82) is 0 Å². The second-order valence-corrected chi connectivity index (χ2v) is 8.17.